The van der Waals surface area contributed by atoms with Crippen LogP contribution in [0, 0.1) is 0 Å². The lowest BCUT2D eigenvalue weighted by Gasteiger charge is -2.33. The zero-order valence-electron chi connectivity index (χ0n) is 5.80. The molecule has 0 aliphatic heterocycles. The highest BCUT2D eigenvalue weighted by molar-refractivity contribution is 4.85. The van der Waals surface area contributed by atoms with Gasteiger partial charge in [-0.25, -0.2) is 0 Å². The van der Waals surface area contributed by atoms with Gasteiger partial charge in [-0.15, -0.1) is 0 Å². The highest BCUT2D eigenvalue weighted by Crippen LogP contribution is 2.27. The standard InChI is InChI=1S/C7H14O2/c1-7(9)5-3-2-4-6(7)8/h6,8-9H,2-5H2,1H3. The van der Waals surface area contributed by atoms with Crippen LogP contribution in [-0.2, 0) is 0 Å². The average molecular weight is 130 g/mol. The zero-order chi connectivity index (χ0) is 6.91. The number of hydrogen-bond acceptors (Lipinski definition) is 2. The van der Waals surface area contributed by atoms with E-state index >= 15 is 0 Å². The van der Waals surface area contributed by atoms with Crippen LogP contribution in [0.1, 0.15) is 32.6 Å². The minimum Gasteiger partial charge on any atom is -0.390 e. The molecule has 0 aromatic carbocycles. The molecular weight excluding hydrogens is 116 g/mol. The zero-order valence-corrected chi connectivity index (χ0v) is 5.80. The van der Waals surface area contributed by atoms with Crippen molar-refractivity contribution in [3.63, 3.8) is 0 Å². The lowest BCUT2D eigenvalue weighted by molar-refractivity contribution is -0.0863. The largest absolute Gasteiger partial charge is 0.390 e. The molecule has 1 rings (SSSR count). The van der Waals surface area contributed by atoms with Gasteiger partial charge in [0.1, 0.15) is 0 Å². The maximum atomic E-state index is 9.39. The predicted molar refractivity (Wildman–Crippen MR) is 35.1 cm³/mol. The monoisotopic (exact) mass is 130 g/mol. The highest BCUT2D eigenvalue weighted by Gasteiger charge is 2.32. The van der Waals surface area contributed by atoms with Gasteiger partial charge in [-0.05, 0) is 19.8 Å². The summed E-state index contributed by atoms with van der Waals surface area (Å²) in [6.07, 6.45) is 3.11. The van der Waals surface area contributed by atoms with Gasteiger partial charge < -0.3 is 10.2 Å². The van der Waals surface area contributed by atoms with E-state index in [1.807, 2.05) is 0 Å². The fourth-order valence-electron chi connectivity index (χ4n) is 1.30. The second-order valence-electron chi connectivity index (χ2n) is 3.12. The summed E-state index contributed by atoms with van der Waals surface area (Å²) in [5, 5.41) is 18.6. The van der Waals surface area contributed by atoms with E-state index in [1.165, 1.54) is 0 Å². The van der Waals surface area contributed by atoms with E-state index in [9.17, 15) is 10.2 Å². The van der Waals surface area contributed by atoms with Crippen LogP contribution in [0.3, 0.4) is 0 Å². The molecule has 0 radical (unpaired) electrons. The van der Waals surface area contributed by atoms with E-state index in [-0.39, 0.29) is 0 Å². The Hall–Kier alpha value is -0.0800. The molecule has 1 saturated carbocycles. The maximum Gasteiger partial charge on any atom is 0.0877 e. The molecule has 2 N–H and O–H groups in total. The third kappa shape index (κ3) is 1.43. The molecule has 0 amide bonds. The predicted octanol–water partition coefficient (Wildman–Crippen LogP) is 0.672. The molecule has 0 aromatic rings. The van der Waals surface area contributed by atoms with Gasteiger partial charge in [-0.2, -0.15) is 0 Å². The molecule has 0 aromatic heterocycles. The Morgan fingerprint density at radius 3 is 2.44 bits per heavy atom. The summed E-state index contributed by atoms with van der Waals surface area (Å²) in [6, 6.07) is 0. The second kappa shape index (κ2) is 2.27. The summed E-state index contributed by atoms with van der Waals surface area (Å²) >= 11 is 0. The molecule has 1 aliphatic carbocycles. The minimum atomic E-state index is -0.807. The van der Waals surface area contributed by atoms with Crippen molar-refractivity contribution in [3.8, 4) is 0 Å². The van der Waals surface area contributed by atoms with E-state index in [2.05, 4.69) is 0 Å². The maximum absolute atomic E-state index is 9.39. The Morgan fingerprint density at radius 2 is 2.11 bits per heavy atom. The van der Waals surface area contributed by atoms with Crippen LogP contribution in [0.5, 0.6) is 0 Å². The second-order valence-corrected chi connectivity index (χ2v) is 3.12. The highest BCUT2D eigenvalue weighted by atomic mass is 16.3. The van der Waals surface area contributed by atoms with Crippen LogP contribution in [0.2, 0.25) is 0 Å². The third-order valence-electron chi connectivity index (χ3n) is 2.13. The van der Waals surface area contributed by atoms with Crippen LogP contribution < -0.4 is 0 Å². The van der Waals surface area contributed by atoms with Crippen LogP contribution in [0.4, 0.5) is 0 Å². The lowest BCUT2D eigenvalue weighted by atomic mass is 9.84. The fraction of sp³-hybridized carbons (Fsp3) is 1.00. The van der Waals surface area contributed by atoms with E-state index in [1.54, 1.807) is 6.92 Å². The van der Waals surface area contributed by atoms with Crippen LogP contribution in [0.15, 0.2) is 0 Å². The van der Waals surface area contributed by atoms with Crippen molar-refractivity contribution in [1.82, 2.24) is 0 Å². The van der Waals surface area contributed by atoms with Crippen LogP contribution in [-0.4, -0.2) is 21.9 Å². The summed E-state index contributed by atoms with van der Waals surface area (Å²) in [4.78, 5) is 0. The van der Waals surface area contributed by atoms with Gasteiger partial charge in [0.05, 0.1) is 11.7 Å². The Balaban J connectivity index is 2.49. The first-order chi connectivity index (χ1) is 4.13. The van der Waals surface area contributed by atoms with E-state index in [0.717, 1.165) is 25.7 Å². The Bertz CT molecular complexity index is 99.1. The Kier molecular flexibility index (Phi) is 1.78. The van der Waals surface area contributed by atoms with Crippen molar-refractivity contribution < 1.29 is 10.2 Å². The average Bonchev–Trinajstić information content (AvgIpc) is 1.77. The molecular formula is C7H14O2. The molecule has 9 heavy (non-hydrogen) atoms. The topological polar surface area (TPSA) is 40.5 Å². The molecule has 54 valence electrons. The molecule has 2 unspecified atom stereocenters. The van der Waals surface area contributed by atoms with Crippen molar-refractivity contribution >= 4 is 0 Å². The summed E-state index contributed by atoms with van der Waals surface area (Å²) in [7, 11) is 0. The quantitative estimate of drug-likeness (QED) is 0.506. The van der Waals surface area contributed by atoms with Gasteiger partial charge in [-0.1, -0.05) is 12.8 Å². The van der Waals surface area contributed by atoms with Gasteiger partial charge in [0, 0.05) is 0 Å². The molecule has 2 heteroatoms. The summed E-state index contributed by atoms with van der Waals surface area (Å²) < 4.78 is 0. The molecule has 1 aliphatic rings. The van der Waals surface area contributed by atoms with Crippen molar-refractivity contribution in [2.75, 3.05) is 0 Å². The number of aliphatic hydroxyl groups is 2. The van der Waals surface area contributed by atoms with Crippen molar-refractivity contribution in [2.45, 2.75) is 44.3 Å². The van der Waals surface area contributed by atoms with Crippen molar-refractivity contribution in [2.24, 2.45) is 0 Å². The first kappa shape index (κ1) is 7.03. The molecule has 0 spiro atoms. The van der Waals surface area contributed by atoms with Crippen LogP contribution in [0.25, 0.3) is 0 Å². The summed E-state index contributed by atoms with van der Waals surface area (Å²) in [6.45, 7) is 1.71. The molecule has 0 heterocycles. The molecule has 1 fully saturated rings. The third-order valence-corrected chi connectivity index (χ3v) is 2.13. The first-order valence-electron chi connectivity index (χ1n) is 3.53. The van der Waals surface area contributed by atoms with Gasteiger partial charge >= 0.3 is 0 Å². The fourth-order valence-corrected chi connectivity index (χ4v) is 1.30. The normalized spacial score (nSPS) is 45.0. The van der Waals surface area contributed by atoms with E-state index < -0.39 is 11.7 Å². The SMILES string of the molecule is CC1(O)CCCCC1O. The van der Waals surface area contributed by atoms with Crippen molar-refractivity contribution in [3.05, 3.63) is 0 Å². The smallest absolute Gasteiger partial charge is 0.0877 e. The van der Waals surface area contributed by atoms with Gasteiger partial charge in [0.2, 0.25) is 0 Å². The first-order valence-corrected chi connectivity index (χ1v) is 3.53. The summed E-state index contributed by atoms with van der Waals surface area (Å²) in [5.74, 6) is 0. The van der Waals surface area contributed by atoms with E-state index in [4.69, 9.17) is 0 Å². The molecule has 2 nitrogen and oxygen atoms in total. The Morgan fingerprint density at radius 1 is 1.44 bits per heavy atom. The molecule has 2 atom stereocenters. The lowest BCUT2D eigenvalue weighted by Crippen LogP contribution is -2.41. The Labute approximate surface area is 55.5 Å². The van der Waals surface area contributed by atoms with Gasteiger partial charge in [0.15, 0.2) is 0 Å². The number of rotatable bonds is 0. The van der Waals surface area contributed by atoms with E-state index in [0.29, 0.717) is 0 Å². The van der Waals surface area contributed by atoms with Gasteiger partial charge in [-0.3, -0.25) is 0 Å². The number of aliphatic hydroxyl groups excluding tert-OH is 1. The molecule has 0 saturated heterocycles. The minimum absolute atomic E-state index is 0.494. The number of hydrogen-bond donors (Lipinski definition) is 2. The van der Waals surface area contributed by atoms with Gasteiger partial charge in [0.25, 0.3) is 0 Å². The molecule has 0 bridgehead atoms. The summed E-state index contributed by atoms with van der Waals surface area (Å²) in [5.41, 5.74) is -0.807. The van der Waals surface area contributed by atoms with Crippen molar-refractivity contribution in [1.29, 1.82) is 0 Å². The van der Waals surface area contributed by atoms with Crippen LogP contribution >= 0.6 is 0 Å².